The maximum atomic E-state index is 13.6. The van der Waals surface area contributed by atoms with Crippen LogP contribution in [0.15, 0.2) is 42.5 Å². The normalized spacial score (nSPS) is 17.6. The smallest absolute Gasteiger partial charge is 0.303 e. The largest absolute Gasteiger partial charge is 0.493 e. The van der Waals surface area contributed by atoms with Crippen LogP contribution in [0.2, 0.25) is 0 Å². The molecule has 1 saturated carbocycles. The summed E-state index contributed by atoms with van der Waals surface area (Å²) in [6.45, 7) is 0. The standard InChI is InChI=1S/C25H26O6/c1-30-20-13-12-16(15-21(20)31-17-7-2-3-8-17)25(14-6-11-22(26)27)23(28)18-9-4-5-10-19(18)24(25)29/h4-5,9-10,12-13,15,17H,2-3,6-8,11,14H2,1H3,(H,26,27). The van der Waals surface area contributed by atoms with Gasteiger partial charge < -0.3 is 14.6 Å². The number of aliphatic carboxylic acids is 1. The van der Waals surface area contributed by atoms with Crippen molar-refractivity contribution in [3.05, 3.63) is 59.2 Å². The lowest BCUT2D eigenvalue weighted by molar-refractivity contribution is -0.137. The van der Waals surface area contributed by atoms with Crippen molar-refractivity contribution in [1.82, 2.24) is 0 Å². The van der Waals surface area contributed by atoms with E-state index in [4.69, 9.17) is 14.6 Å². The molecule has 1 N–H and O–H groups in total. The minimum absolute atomic E-state index is 0.0827. The molecule has 0 aromatic heterocycles. The number of fused-ring (bicyclic) bond motifs is 1. The molecule has 2 aliphatic rings. The van der Waals surface area contributed by atoms with Crippen molar-refractivity contribution < 1.29 is 29.0 Å². The molecule has 0 amide bonds. The lowest BCUT2D eigenvalue weighted by atomic mass is 9.72. The van der Waals surface area contributed by atoms with Crippen LogP contribution in [0.5, 0.6) is 11.5 Å². The van der Waals surface area contributed by atoms with Crippen LogP contribution < -0.4 is 9.47 Å². The van der Waals surface area contributed by atoms with Crippen LogP contribution in [-0.4, -0.2) is 35.9 Å². The highest BCUT2D eigenvalue weighted by Gasteiger charge is 2.53. The minimum atomic E-state index is -1.45. The molecule has 2 aromatic rings. The summed E-state index contributed by atoms with van der Waals surface area (Å²) in [5.74, 6) is -0.454. The van der Waals surface area contributed by atoms with Gasteiger partial charge in [-0.1, -0.05) is 30.3 Å². The van der Waals surface area contributed by atoms with E-state index >= 15 is 0 Å². The number of rotatable bonds is 8. The maximum absolute atomic E-state index is 13.6. The molecule has 0 heterocycles. The summed E-state index contributed by atoms with van der Waals surface area (Å²) in [7, 11) is 1.56. The van der Waals surface area contributed by atoms with E-state index in [1.54, 1.807) is 49.6 Å². The van der Waals surface area contributed by atoms with Gasteiger partial charge in [-0.3, -0.25) is 14.4 Å². The van der Waals surface area contributed by atoms with Crippen LogP contribution in [0.25, 0.3) is 0 Å². The van der Waals surface area contributed by atoms with Gasteiger partial charge in [-0.15, -0.1) is 0 Å². The molecule has 0 aliphatic heterocycles. The molecule has 6 heteroatoms. The summed E-state index contributed by atoms with van der Waals surface area (Å²) >= 11 is 0. The van der Waals surface area contributed by atoms with E-state index in [9.17, 15) is 14.4 Å². The fraction of sp³-hybridized carbons (Fsp3) is 0.400. The van der Waals surface area contributed by atoms with E-state index in [2.05, 4.69) is 0 Å². The van der Waals surface area contributed by atoms with Crippen LogP contribution in [0.4, 0.5) is 0 Å². The van der Waals surface area contributed by atoms with E-state index in [-0.39, 0.29) is 36.9 Å². The molecule has 4 rings (SSSR count). The summed E-state index contributed by atoms with van der Waals surface area (Å²) in [6.07, 6.45) is 4.45. The first kappa shape index (κ1) is 21.1. The molecule has 1 fully saturated rings. The predicted octanol–water partition coefficient (Wildman–Crippen LogP) is 4.59. The molecule has 31 heavy (non-hydrogen) atoms. The molecule has 2 aromatic carbocycles. The number of ketones is 2. The molecular weight excluding hydrogens is 396 g/mol. The Kier molecular flexibility index (Phi) is 5.81. The van der Waals surface area contributed by atoms with Gasteiger partial charge in [-0.25, -0.2) is 0 Å². The number of ether oxygens (including phenoxy) is 2. The Morgan fingerprint density at radius 2 is 1.68 bits per heavy atom. The first-order chi connectivity index (χ1) is 15.0. The van der Waals surface area contributed by atoms with Crippen molar-refractivity contribution in [3.8, 4) is 11.5 Å². The first-order valence-corrected chi connectivity index (χ1v) is 10.7. The topological polar surface area (TPSA) is 89.9 Å². The third kappa shape index (κ3) is 3.71. The summed E-state index contributed by atoms with van der Waals surface area (Å²) in [6, 6.07) is 12.0. The number of Topliss-reactive ketones (excluding diaryl/α,β-unsaturated/α-hetero) is 2. The molecule has 2 aliphatic carbocycles. The fourth-order valence-corrected chi connectivity index (χ4v) is 4.80. The Labute approximate surface area is 181 Å². The second-order valence-electron chi connectivity index (χ2n) is 8.25. The van der Waals surface area contributed by atoms with Gasteiger partial charge in [0.1, 0.15) is 5.41 Å². The highest BCUT2D eigenvalue weighted by Crippen LogP contribution is 2.45. The van der Waals surface area contributed by atoms with Gasteiger partial charge in [0.25, 0.3) is 0 Å². The lowest BCUT2D eigenvalue weighted by Crippen LogP contribution is -2.38. The molecule has 0 atom stereocenters. The third-order valence-corrected chi connectivity index (χ3v) is 6.39. The van der Waals surface area contributed by atoms with E-state index in [0.29, 0.717) is 28.2 Å². The number of carboxylic acids is 1. The van der Waals surface area contributed by atoms with Gasteiger partial charge in [0, 0.05) is 17.5 Å². The quantitative estimate of drug-likeness (QED) is 0.626. The first-order valence-electron chi connectivity index (χ1n) is 10.7. The van der Waals surface area contributed by atoms with Crippen molar-refractivity contribution >= 4 is 17.5 Å². The highest BCUT2D eigenvalue weighted by molar-refractivity contribution is 6.33. The molecule has 0 bridgehead atoms. The Balaban J connectivity index is 1.78. The van der Waals surface area contributed by atoms with Crippen LogP contribution in [0.3, 0.4) is 0 Å². The van der Waals surface area contributed by atoms with E-state index in [1.807, 2.05) is 0 Å². The lowest BCUT2D eigenvalue weighted by Gasteiger charge is -2.28. The Morgan fingerprint density at radius 1 is 1.03 bits per heavy atom. The monoisotopic (exact) mass is 422 g/mol. The van der Waals surface area contributed by atoms with Crippen LogP contribution in [0.1, 0.15) is 71.2 Å². The van der Waals surface area contributed by atoms with E-state index in [0.717, 1.165) is 25.7 Å². The zero-order valence-corrected chi connectivity index (χ0v) is 17.6. The summed E-state index contributed by atoms with van der Waals surface area (Å²) in [5, 5.41) is 9.11. The van der Waals surface area contributed by atoms with Gasteiger partial charge in [0.05, 0.1) is 13.2 Å². The molecule has 0 spiro atoms. The molecular formula is C25H26O6. The number of carboxylic acid groups (broad SMARTS) is 1. The van der Waals surface area contributed by atoms with E-state index < -0.39 is 11.4 Å². The molecule has 162 valence electrons. The second-order valence-corrected chi connectivity index (χ2v) is 8.25. The van der Waals surface area contributed by atoms with Crippen LogP contribution >= 0.6 is 0 Å². The van der Waals surface area contributed by atoms with Gasteiger partial charge >= 0.3 is 5.97 Å². The van der Waals surface area contributed by atoms with Gasteiger partial charge in [0.15, 0.2) is 23.1 Å². The highest BCUT2D eigenvalue weighted by atomic mass is 16.5. The van der Waals surface area contributed by atoms with Crippen LogP contribution in [0, 0.1) is 0 Å². The SMILES string of the molecule is COc1ccc(C2(CCCC(=O)O)C(=O)c3ccccc3C2=O)cc1OC1CCCC1. The van der Waals surface area contributed by atoms with Crippen molar-refractivity contribution in [2.24, 2.45) is 0 Å². The number of benzene rings is 2. The molecule has 0 saturated heterocycles. The average molecular weight is 422 g/mol. The predicted molar refractivity (Wildman–Crippen MR) is 114 cm³/mol. The Morgan fingerprint density at radius 3 is 2.26 bits per heavy atom. The van der Waals surface area contributed by atoms with Gasteiger partial charge in [0.2, 0.25) is 0 Å². The molecule has 6 nitrogen and oxygen atoms in total. The van der Waals surface area contributed by atoms with Crippen molar-refractivity contribution in [1.29, 1.82) is 0 Å². The second kappa shape index (κ2) is 8.53. The van der Waals surface area contributed by atoms with Gasteiger partial charge in [-0.2, -0.15) is 0 Å². The number of carbonyl (C=O) groups excluding carboxylic acids is 2. The zero-order valence-electron chi connectivity index (χ0n) is 17.6. The molecule has 0 unspecified atom stereocenters. The summed E-state index contributed by atoms with van der Waals surface area (Å²) < 4.78 is 11.7. The van der Waals surface area contributed by atoms with Crippen LogP contribution in [-0.2, 0) is 10.2 Å². The van der Waals surface area contributed by atoms with Crippen molar-refractivity contribution in [2.45, 2.75) is 56.5 Å². The fourth-order valence-electron chi connectivity index (χ4n) is 4.80. The Bertz CT molecular complexity index is 983. The van der Waals surface area contributed by atoms with Gasteiger partial charge in [-0.05, 0) is 56.2 Å². The zero-order chi connectivity index (χ0) is 22.0. The van der Waals surface area contributed by atoms with E-state index in [1.165, 1.54) is 0 Å². The summed E-state index contributed by atoms with van der Waals surface area (Å²) in [4.78, 5) is 38.3. The minimum Gasteiger partial charge on any atom is -0.493 e. The number of hydrogen-bond acceptors (Lipinski definition) is 5. The number of hydrogen-bond donors (Lipinski definition) is 1. The maximum Gasteiger partial charge on any atom is 0.303 e. The van der Waals surface area contributed by atoms with Crippen molar-refractivity contribution in [3.63, 3.8) is 0 Å². The Hall–Kier alpha value is -3.15. The molecule has 0 radical (unpaired) electrons. The summed E-state index contributed by atoms with van der Waals surface area (Å²) in [5.41, 5.74) is -0.147. The van der Waals surface area contributed by atoms with Crippen molar-refractivity contribution in [2.75, 3.05) is 7.11 Å². The number of methoxy groups -OCH3 is 1. The number of carbonyl (C=O) groups is 3. The third-order valence-electron chi connectivity index (χ3n) is 6.39. The average Bonchev–Trinajstić information content (AvgIpc) is 3.35.